The number of hydrogen-bond acceptors (Lipinski definition) is 5. The van der Waals surface area contributed by atoms with Crippen molar-refractivity contribution in [2.75, 3.05) is 18.2 Å². The predicted octanol–water partition coefficient (Wildman–Crippen LogP) is 2.98. The minimum absolute atomic E-state index is 0.656. The third kappa shape index (κ3) is 2.12. The second kappa shape index (κ2) is 4.76. The van der Waals surface area contributed by atoms with Gasteiger partial charge in [-0.05, 0) is 25.7 Å². The van der Waals surface area contributed by atoms with Crippen molar-refractivity contribution < 1.29 is 4.84 Å². The molecule has 1 saturated heterocycles. The van der Waals surface area contributed by atoms with Gasteiger partial charge >= 0.3 is 0 Å². The Hall–Kier alpha value is -1.14. The lowest BCUT2D eigenvalue weighted by atomic mass is 10.1. The van der Waals surface area contributed by atoms with Crippen LogP contribution >= 0.6 is 11.3 Å². The Morgan fingerprint density at radius 3 is 2.84 bits per heavy atom. The summed E-state index contributed by atoms with van der Waals surface area (Å²) >= 11 is 1.63. The van der Waals surface area contributed by atoms with E-state index >= 15 is 0 Å². The number of fused-ring (bicyclic) bond motifs is 1. The number of rotatable bonds is 2. The number of aromatic nitrogens is 3. The Morgan fingerprint density at radius 2 is 2.11 bits per heavy atom. The van der Waals surface area contributed by atoms with Crippen molar-refractivity contribution >= 4 is 21.4 Å². The topological polar surface area (TPSA) is 42.7 Å². The normalized spacial score (nSPS) is 21.6. The van der Waals surface area contributed by atoms with E-state index in [1.807, 2.05) is 9.58 Å². The van der Waals surface area contributed by atoms with Crippen LogP contribution in [0.2, 0.25) is 0 Å². The molecule has 102 valence electrons. The predicted molar refractivity (Wildman–Crippen MR) is 74.6 cm³/mol. The number of hydrogen-bond donors (Lipinski definition) is 0. The van der Waals surface area contributed by atoms with Gasteiger partial charge in [0.25, 0.3) is 0 Å². The summed E-state index contributed by atoms with van der Waals surface area (Å²) in [5, 5.41) is 7.45. The zero-order valence-corrected chi connectivity index (χ0v) is 11.7. The summed E-state index contributed by atoms with van der Waals surface area (Å²) in [6, 6.07) is 0. The summed E-state index contributed by atoms with van der Waals surface area (Å²) in [7, 11) is 0. The third-order valence-electron chi connectivity index (χ3n) is 4.04. The average molecular weight is 278 g/mol. The molecule has 1 saturated carbocycles. The van der Waals surface area contributed by atoms with Gasteiger partial charge in [-0.3, -0.25) is 4.84 Å². The lowest BCUT2D eigenvalue weighted by Crippen LogP contribution is -2.29. The van der Waals surface area contributed by atoms with Crippen LogP contribution in [-0.4, -0.2) is 27.7 Å². The molecular formula is C13H18N4OS. The van der Waals surface area contributed by atoms with E-state index < -0.39 is 0 Å². The van der Waals surface area contributed by atoms with Gasteiger partial charge in [-0.1, -0.05) is 24.2 Å². The number of anilines is 1. The molecule has 0 amide bonds. The van der Waals surface area contributed by atoms with Crippen molar-refractivity contribution in [1.82, 2.24) is 14.6 Å². The Morgan fingerprint density at radius 1 is 1.21 bits per heavy atom. The van der Waals surface area contributed by atoms with Crippen LogP contribution in [0.15, 0.2) is 6.20 Å². The fourth-order valence-electron chi connectivity index (χ4n) is 2.97. The van der Waals surface area contributed by atoms with E-state index in [1.54, 1.807) is 11.3 Å². The highest BCUT2D eigenvalue weighted by Crippen LogP contribution is 2.35. The SMILES string of the molecule is c1c(C2CCCC2)nc2sc(N3CCCCO3)nn12. The van der Waals surface area contributed by atoms with Crippen LogP contribution in [-0.2, 0) is 4.84 Å². The van der Waals surface area contributed by atoms with E-state index in [0.717, 1.165) is 29.7 Å². The van der Waals surface area contributed by atoms with Crippen LogP contribution in [0.3, 0.4) is 0 Å². The molecule has 2 fully saturated rings. The molecule has 19 heavy (non-hydrogen) atoms. The molecule has 6 heteroatoms. The average Bonchev–Trinajstić information content (AvgIpc) is 3.14. The molecule has 2 aromatic rings. The quantitative estimate of drug-likeness (QED) is 0.847. The molecule has 0 bridgehead atoms. The van der Waals surface area contributed by atoms with Crippen LogP contribution < -0.4 is 5.06 Å². The summed E-state index contributed by atoms with van der Waals surface area (Å²) in [4.78, 5) is 11.4. The molecule has 0 spiro atoms. The number of imidazole rings is 1. The van der Waals surface area contributed by atoms with Gasteiger partial charge in [0, 0.05) is 12.5 Å². The molecule has 4 rings (SSSR count). The summed E-state index contributed by atoms with van der Waals surface area (Å²) in [5.41, 5.74) is 1.22. The van der Waals surface area contributed by atoms with Crippen molar-refractivity contribution in [3.05, 3.63) is 11.9 Å². The Labute approximate surface area is 116 Å². The first-order chi connectivity index (χ1) is 9.40. The monoisotopic (exact) mass is 278 g/mol. The molecule has 0 aromatic carbocycles. The maximum atomic E-state index is 5.63. The molecule has 0 unspecified atom stereocenters. The standard InChI is InChI=1S/C13H18N4OS/c1-2-6-10(5-1)11-9-16-12(14-11)19-13(15-16)17-7-3-4-8-18-17/h9-10H,1-8H2. The minimum atomic E-state index is 0.656. The van der Waals surface area contributed by atoms with E-state index in [2.05, 4.69) is 11.3 Å². The van der Waals surface area contributed by atoms with Gasteiger partial charge < -0.3 is 0 Å². The van der Waals surface area contributed by atoms with E-state index in [-0.39, 0.29) is 0 Å². The maximum absolute atomic E-state index is 5.63. The lowest BCUT2D eigenvalue weighted by Gasteiger charge is -2.24. The van der Waals surface area contributed by atoms with E-state index in [0.29, 0.717) is 5.92 Å². The minimum Gasteiger partial charge on any atom is -0.271 e. The van der Waals surface area contributed by atoms with Gasteiger partial charge in [-0.2, -0.15) is 0 Å². The van der Waals surface area contributed by atoms with Gasteiger partial charge in [-0.15, -0.1) is 5.10 Å². The van der Waals surface area contributed by atoms with Crippen LogP contribution in [0, 0.1) is 0 Å². The molecule has 3 heterocycles. The smallest absolute Gasteiger partial charge is 0.232 e. The Kier molecular flexibility index (Phi) is 2.92. The summed E-state index contributed by atoms with van der Waals surface area (Å²) < 4.78 is 1.92. The summed E-state index contributed by atoms with van der Waals surface area (Å²) in [6.07, 6.45) is 9.68. The molecule has 0 atom stereocenters. The first kappa shape index (κ1) is 11.7. The number of hydroxylamine groups is 1. The third-order valence-corrected chi connectivity index (χ3v) is 4.97. The molecule has 0 radical (unpaired) electrons. The summed E-state index contributed by atoms with van der Waals surface area (Å²) in [5.74, 6) is 0.656. The van der Waals surface area contributed by atoms with E-state index in [9.17, 15) is 0 Å². The Bertz CT molecular complexity index is 535. The van der Waals surface area contributed by atoms with Crippen LogP contribution in [0.4, 0.5) is 5.13 Å². The fraction of sp³-hybridized carbons (Fsp3) is 0.692. The number of nitrogens with zero attached hydrogens (tertiary/aromatic N) is 4. The molecule has 0 N–H and O–H groups in total. The highest BCUT2D eigenvalue weighted by Gasteiger charge is 2.22. The van der Waals surface area contributed by atoms with Crippen molar-refractivity contribution in [1.29, 1.82) is 0 Å². The van der Waals surface area contributed by atoms with E-state index in [4.69, 9.17) is 9.82 Å². The highest BCUT2D eigenvalue weighted by atomic mass is 32.1. The molecule has 2 aliphatic rings. The van der Waals surface area contributed by atoms with Gasteiger partial charge in [0.05, 0.1) is 18.5 Å². The summed E-state index contributed by atoms with van der Waals surface area (Å²) in [6.45, 7) is 1.74. The molecule has 5 nitrogen and oxygen atoms in total. The van der Waals surface area contributed by atoms with Crippen molar-refractivity contribution in [3.8, 4) is 0 Å². The van der Waals surface area contributed by atoms with Crippen LogP contribution in [0.1, 0.15) is 50.1 Å². The van der Waals surface area contributed by atoms with Crippen LogP contribution in [0.25, 0.3) is 4.96 Å². The molecule has 1 aliphatic carbocycles. The lowest BCUT2D eigenvalue weighted by molar-refractivity contribution is 0.0773. The second-order valence-electron chi connectivity index (χ2n) is 5.40. The zero-order valence-electron chi connectivity index (χ0n) is 10.9. The second-order valence-corrected chi connectivity index (χ2v) is 6.34. The van der Waals surface area contributed by atoms with Crippen molar-refractivity contribution in [2.45, 2.75) is 44.4 Å². The van der Waals surface area contributed by atoms with Gasteiger partial charge in [0.2, 0.25) is 10.1 Å². The van der Waals surface area contributed by atoms with Gasteiger partial charge in [0.15, 0.2) is 0 Å². The fourth-order valence-corrected chi connectivity index (χ4v) is 3.85. The largest absolute Gasteiger partial charge is 0.271 e. The molecule has 1 aliphatic heterocycles. The Balaban J connectivity index is 1.60. The van der Waals surface area contributed by atoms with Gasteiger partial charge in [-0.25, -0.2) is 14.6 Å². The zero-order chi connectivity index (χ0) is 12.7. The van der Waals surface area contributed by atoms with Crippen molar-refractivity contribution in [3.63, 3.8) is 0 Å². The first-order valence-corrected chi connectivity index (χ1v) is 7.98. The van der Waals surface area contributed by atoms with Crippen molar-refractivity contribution in [2.24, 2.45) is 0 Å². The van der Waals surface area contributed by atoms with E-state index in [1.165, 1.54) is 37.8 Å². The maximum Gasteiger partial charge on any atom is 0.232 e. The van der Waals surface area contributed by atoms with Gasteiger partial charge in [0.1, 0.15) is 0 Å². The molecular weight excluding hydrogens is 260 g/mol. The molecule has 2 aromatic heterocycles. The highest BCUT2D eigenvalue weighted by molar-refractivity contribution is 7.20. The first-order valence-electron chi connectivity index (χ1n) is 7.17. The van der Waals surface area contributed by atoms with Crippen LogP contribution in [0.5, 0.6) is 0 Å².